The molecule has 5 nitrogen and oxygen atoms in total. The highest BCUT2D eigenvalue weighted by molar-refractivity contribution is 6.46. The van der Waals surface area contributed by atoms with E-state index in [-0.39, 0.29) is 11.3 Å². The smallest absolute Gasteiger partial charge is 0.295 e. The van der Waals surface area contributed by atoms with Crippen LogP contribution in [0.4, 0.5) is 0 Å². The number of rotatable bonds is 8. The van der Waals surface area contributed by atoms with E-state index in [0.717, 1.165) is 41.7 Å². The van der Waals surface area contributed by atoms with Crippen molar-refractivity contribution < 1.29 is 19.4 Å². The van der Waals surface area contributed by atoms with Gasteiger partial charge in [-0.3, -0.25) is 9.59 Å². The number of unbranched alkanes of at least 4 members (excludes halogenated alkanes) is 2. The van der Waals surface area contributed by atoms with Crippen molar-refractivity contribution in [1.29, 1.82) is 0 Å². The Morgan fingerprint density at radius 2 is 1.84 bits per heavy atom. The predicted octanol–water partition coefficient (Wildman–Crippen LogP) is 5.31. The number of hydrogen-bond donors (Lipinski definition) is 1. The summed E-state index contributed by atoms with van der Waals surface area (Å²) in [5.41, 5.74) is 3.38. The molecule has 2 aromatic rings. The van der Waals surface area contributed by atoms with Gasteiger partial charge < -0.3 is 14.7 Å². The molecule has 0 aromatic heterocycles. The maximum absolute atomic E-state index is 13.1. The summed E-state index contributed by atoms with van der Waals surface area (Å²) in [5.74, 6) is -0.595. The average Bonchev–Trinajstić information content (AvgIpc) is 3.00. The van der Waals surface area contributed by atoms with Gasteiger partial charge in [0.1, 0.15) is 11.5 Å². The van der Waals surface area contributed by atoms with Crippen LogP contribution in [0.15, 0.2) is 48.0 Å². The summed E-state index contributed by atoms with van der Waals surface area (Å²) >= 11 is 0. The number of Topliss-reactive ketones (excluding diaryl/α,β-unsaturated/α-hetero) is 1. The standard InChI is InChI=1S/C26H31NO4/c1-5-7-8-14-27-23(19-11-9-10-17(3)15-19)22(25(29)26(27)30)24(28)20-12-13-21(31-6-2)18(4)16-20/h9-13,15-16,23,28H,5-8,14H2,1-4H3/b24-22-. The first-order valence-electron chi connectivity index (χ1n) is 11.0. The first-order valence-corrected chi connectivity index (χ1v) is 11.0. The Labute approximate surface area is 184 Å². The van der Waals surface area contributed by atoms with Crippen molar-refractivity contribution in [3.8, 4) is 5.75 Å². The van der Waals surface area contributed by atoms with Gasteiger partial charge in [-0.25, -0.2) is 0 Å². The van der Waals surface area contributed by atoms with Crippen LogP contribution in [0.3, 0.4) is 0 Å². The van der Waals surface area contributed by atoms with E-state index in [1.807, 2.05) is 45.0 Å². The Balaban J connectivity index is 2.11. The Morgan fingerprint density at radius 3 is 2.48 bits per heavy atom. The third kappa shape index (κ3) is 4.66. The molecule has 3 rings (SSSR count). The van der Waals surface area contributed by atoms with Crippen molar-refractivity contribution in [2.45, 2.75) is 53.0 Å². The minimum absolute atomic E-state index is 0.144. The summed E-state index contributed by atoms with van der Waals surface area (Å²) in [4.78, 5) is 27.6. The molecule has 164 valence electrons. The van der Waals surface area contributed by atoms with Gasteiger partial charge in [0.2, 0.25) is 0 Å². The third-order valence-corrected chi connectivity index (χ3v) is 5.65. The van der Waals surface area contributed by atoms with Crippen LogP contribution >= 0.6 is 0 Å². The Morgan fingerprint density at radius 1 is 1.06 bits per heavy atom. The molecule has 0 bridgehead atoms. The van der Waals surface area contributed by atoms with Crippen LogP contribution in [0.25, 0.3) is 5.76 Å². The van der Waals surface area contributed by atoms with Crippen molar-refractivity contribution in [3.63, 3.8) is 0 Å². The van der Waals surface area contributed by atoms with E-state index in [0.29, 0.717) is 18.7 Å². The van der Waals surface area contributed by atoms with Gasteiger partial charge in [-0.1, -0.05) is 49.6 Å². The number of carbonyl (C=O) groups excluding carboxylic acids is 2. The molecule has 1 aliphatic heterocycles. The van der Waals surface area contributed by atoms with Crippen LogP contribution in [0.5, 0.6) is 5.75 Å². The monoisotopic (exact) mass is 421 g/mol. The van der Waals surface area contributed by atoms with Gasteiger partial charge in [-0.05, 0) is 56.5 Å². The number of amides is 1. The SMILES string of the molecule is CCCCCN1C(=O)C(=O)/C(=C(\O)c2ccc(OCC)c(C)c2)C1c1cccc(C)c1. The molecule has 0 saturated carbocycles. The number of likely N-dealkylation sites (tertiary alicyclic amines) is 1. The van der Waals surface area contributed by atoms with Crippen LogP contribution in [0, 0.1) is 13.8 Å². The van der Waals surface area contributed by atoms with Crippen LogP contribution in [0.1, 0.15) is 61.4 Å². The molecular weight excluding hydrogens is 390 g/mol. The van der Waals surface area contributed by atoms with E-state index < -0.39 is 17.7 Å². The number of carbonyl (C=O) groups is 2. The Bertz CT molecular complexity index is 1010. The van der Waals surface area contributed by atoms with Crippen molar-refractivity contribution >= 4 is 17.4 Å². The molecule has 2 aromatic carbocycles. The van der Waals surface area contributed by atoms with Crippen LogP contribution in [0.2, 0.25) is 0 Å². The van der Waals surface area contributed by atoms with E-state index in [4.69, 9.17) is 4.74 Å². The van der Waals surface area contributed by atoms with Crippen molar-refractivity contribution in [2.24, 2.45) is 0 Å². The fourth-order valence-corrected chi connectivity index (χ4v) is 4.10. The fourth-order valence-electron chi connectivity index (χ4n) is 4.10. The van der Waals surface area contributed by atoms with Crippen LogP contribution < -0.4 is 4.74 Å². The second kappa shape index (κ2) is 9.82. The Kier molecular flexibility index (Phi) is 7.16. The molecule has 1 N–H and O–H groups in total. The van der Waals surface area contributed by atoms with E-state index in [9.17, 15) is 14.7 Å². The maximum atomic E-state index is 13.1. The van der Waals surface area contributed by atoms with Crippen LogP contribution in [-0.2, 0) is 9.59 Å². The molecule has 0 aliphatic carbocycles. The average molecular weight is 422 g/mol. The van der Waals surface area contributed by atoms with Crippen molar-refractivity contribution in [1.82, 2.24) is 4.90 Å². The largest absolute Gasteiger partial charge is 0.507 e. The van der Waals surface area contributed by atoms with Gasteiger partial charge in [0.05, 0.1) is 18.2 Å². The molecule has 5 heteroatoms. The normalized spacial score (nSPS) is 17.9. The van der Waals surface area contributed by atoms with Gasteiger partial charge in [-0.2, -0.15) is 0 Å². The summed E-state index contributed by atoms with van der Waals surface area (Å²) in [6, 6.07) is 12.5. The summed E-state index contributed by atoms with van der Waals surface area (Å²) < 4.78 is 5.58. The zero-order valence-electron chi connectivity index (χ0n) is 18.8. The number of aliphatic hydroxyl groups is 1. The number of benzene rings is 2. The predicted molar refractivity (Wildman–Crippen MR) is 122 cm³/mol. The van der Waals surface area contributed by atoms with Gasteiger partial charge >= 0.3 is 0 Å². The molecule has 1 heterocycles. The lowest BCUT2D eigenvalue weighted by atomic mass is 9.94. The number of hydrogen-bond acceptors (Lipinski definition) is 4. The summed E-state index contributed by atoms with van der Waals surface area (Å²) in [5, 5.41) is 11.2. The van der Waals surface area contributed by atoms with E-state index in [2.05, 4.69) is 6.92 Å². The molecule has 1 atom stereocenters. The first kappa shape index (κ1) is 22.6. The highest BCUT2D eigenvalue weighted by Crippen LogP contribution is 2.40. The quantitative estimate of drug-likeness (QED) is 0.271. The summed E-state index contributed by atoms with van der Waals surface area (Å²) in [7, 11) is 0. The molecule has 1 amide bonds. The maximum Gasteiger partial charge on any atom is 0.295 e. The molecule has 0 radical (unpaired) electrons. The molecule has 1 fully saturated rings. The van der Waals surface area contributed by atoms with Gasteiger partial charge in [-0.15, -0.1) is 0 Å². The number of aryl methyl sites for hydroxylation is 2. The zero-order valence-corrected chi connectivity index (χ0v) is 18.8. The van der Waals surface area contributed by atoms with E-state index >= 15 is 0 Å². The van der Waals surface area contributed by atoms with Crippen molar-refractivity contribution in [3.05, 3.63) is 70.3 Å². The van der Waals surface area contributed by atoms with Gasteiger partial charge in [0.15, 0.2) is 0 Å². The van der Waals surface area contributed by atoms with Gasteiger partial charge in [0.25, 0.3) is 11.7 Å². The van der Waals surface area contributed by atoms with Crippen molar-refractivity contribution in [2.75, 3.05) is 13.2 Å². The molecule has 0 spiro atoms. The molecule has 31 heavy (non-hydrogen) atoms. The third-order valence-electron chi connectivity index (χ3n) is 5.65. The molecule has 1 aliphatic rings. The highest BCUT2D eigenvalue weighted by Gasteiger charge is 2.45. The minimum Gasteiger partial charge on any atom is -0.507 e. The first-order chi connectivity index (χ1) is 14.9. The van der Waals surface area contributed by atoms with Gasteiger partial charge in [0, 0.05) is 12.1 Å². The van der Waals surface area contributed by atoms with E-state index in [1.165, 1.54) is 0 Å². The topological polar surface area (TPSA) is 66.8 Å². The van der Waals surface area contributed by atoms with Crippen LogP contribution in [-0.4, -0.2) is 34.8 Å². The summed E-state index contributed by atoms with van der Waals surface area (Å²) in [6.45, 7) is 8.90. The lowest BCUT2D eigenvalue weighted by molar-refractivity contribution is -0.139. The number of ketones is 1. The Hall–Kier alpha value is -3.08. The molecule has 1 saturated heterocycles. The van der Waals surface area contributed by atoms with E-state index in [1.54, 1.807) is 23.1 Å². The lowest BCUT2D eigenvalue weighted by Gasteiger charge is -2.25. The molecular formula is C26H31NO4. The highest BCUT2D eigenvalue weighted by atomic mass is 16.5. The zero-order chi connectivity index (χ0) is 22.5. The second-order valence-corrected chi connectivity index (χ2v) is 8.03. The molecule has 1 unspecified atom stereocenters. The summed E-state index contributed by atoms with van der Waals surface area (Å²) in [6.07, 6.45) is 2.81. The second-order valence-electron chi connectivity index (χ2n) is 8.03. The number of ether oxygens (including phenoxy) is 1. The minimum atomic E-state index is -0.632. The number of nitrogens with zero attached hydrogens (tertiary/aromatic N) is 1. The lowest BCUT2D eigenvalue weighted by Crippen LogP contribution is -2.30. The fraction of sp³-hybridized carbons (Fsp3) is 0.385. The number of aliphatic hydroxyl groups excluding tert-OH is 1.